The molecule has 0 radical (unpaired) electrons. The van der Waals surface area contributed by atoms with Gasteiger partial charge in [0.1, 0.15) is 6.33 Å². The third-order valence-corrected chi connectivity index (χ3v) is 2.38. The summed E-state index contributed by atoms with van der Waals surface area (Å²) < 4.78 is 5.35. The fraction of sp³-hybridized carbons (Fsp3) is 0.636. The lowest BCUT2D eigenvalue weighted by Gasteiger charge is -2.23. The van der Waals surface area contributed by atoms with Crippen LogP contribution in [0.1, 0.15) is 13.8 Å². The Hall–Kier alpha value is -1.56. The van der Waals surface area contributed by atoms with E-state index in [0.717, 1.165) is 13.1 Å². The number of anilines is 2. The van der Waals surface area contributed by atoms with E-state index in [9.17, 15) is 0 Å². The molecule has 0 aliphatic carbocycles. The first-order valence-corrected chi connectivity index (χ1v) is 5.77. The van der Waals surface area contributed by atoms with E-state index in [4.69, 9.17) is 9.84 Å². The molecule has 0 spiro atoms. The second-order valence-electron chi connectivity index (χ2n) is 3.41. The van der Waals surface area contributed by atoms with Gasteiger partial charge in [-0.05, 0) is 13.8 Å². The summed E-state index contributed by atoms with van der Waals surface area (Å²) in [5, 5.41) is 12.1. The average Bonchev–Trinajstić information content (AvgIpc) is 2.36. The molecule has 6 nitrogen and oxygen atoms in total. The van der Waals surface area contributed by atoms with Crippen LogP contribution in [0.3, 0.4) is 0 Å². The summed E-state index contributed by atoms with van der Waals surface area (Å²) in [6.07, 6.45) is 1.50. The first-order valence-electron chi connectivity index (χ1n) is 5.77. The van der Waals surface area contributed by atoms with Gasteiger partial charge in [0.15, 0.2) is 11.6 Å². The predicted octanol–water partition coefficient (Wildman–Crippen LogP) is 0.736. The molecule has 17 heavy (non-hydrogen) atoms. The maximum absolute atomic E-state index is 9.02. The smallest absolute Gasteiger partial charge is 0.204 e. The van der Waals surface area contributed by atoms with E-state index in [-0.39, 0.29) is 6.61 Å². The number of hydrogen-bond acceptors (Lipinski definition) is 6. The fourth-order valence-electron chi connectivity index (χ4n) is 1.61. The highest BCUT2D eigenvalue weighted by Gasteiger charge is 2.16. The Bertz CT molecular complexity index is 346. The summed E-state index contributed by atoms with van der Waals surface area (Å²) in [4.78, 5) is 10.3. The SMILES string of the molecule is CCNc1ncnc(N(CC)CCO)c1OC. The molecule has 0 atom stereocenters. The Morgan fingerprint density at radius 1 is 1.41 bits per heavy atom. The molecule has 96 valence electrons. The molecule has 0 bridgehead atoms. The van der Waals surface area contributed by atoms with Crippen molar-refractivity contribution in [2.75, 3.05) is 43.6 Å². The first kappa shape index (κ1) is 13.5. The van der Waals surface area contributed by atoms with Crippen molar-refractivity contribution in [2.24, 2.45) is 0 Å². The van der Waals surface area contributed by atoms with E-state index in [1.165, 1.54) is 6.33 Å². The van der Waals surface area contributed by atoms with E-state index < -0.39 is 0 Å². The number of aliphatic hydroxyl groups excluding tert-OH is 1. The number of rotatable bonds is 7. The Kier molecular flexibility index (Phi) is 5.48. The van der Waals surface area contributed by atoms with Crippen molar-refractivity contribution < 1.29 is 9.84 Å². The van der Waals surface area contributed by atoms with Gasteiger partial charge in [-0.25, -0.2) is 9.97 Å². The molecule has 1 rings (SSSR count). The third kappa shape index (κ3) is 3.20. The Balaban J connectivity index is 3.08. The van der Waals surface area contributed by atoms with E-state index in [1.807, 2.05) is 18.7 Å². The van der Waals surface area contributed by atoms with Gasteiger partial charge in [0, 0.05) is 19.6 Å². The highest BCUT2D eigenvalue weighted by molar-refractivity contribution is 5.64. The zero-order valence-electron chi connectivity index (χ0n) is 10.6. The number of methoxy groups -OCH3 is 1. The summed E-state index contributed by atoms with van der Waals surface area (Å²) in [7, 11) is 1.59. The molecule has 0 fully saturated rings. The van der Waals surface area contributed by atoms with E-state index >= 15 is 0 Å². The molecule has 1 aromatic rings. The highest BCUT2D eigenvalue weighted by atomic mass is 16.5. The zero-order chi connectivity index (χ0) is 12.7. The van der Waals surface area contributed by atoms with E-state index in [2.05, 4.69) is 15.3 Å². The van der Waals surface area contributed by atoms with E-state index in [1.54, 1.807) is 7.11 Å². The minimum absolute atomic E-state index is 0.0809. The van der Waals surface area contributed by atoms with Crippen LogP contribution in [0.5, 0.6) is 5.75 Å². The minimum Gasteiger partial charge on any atom is -0.490 e. The van der Waals surface area contributed by atoms with Crippen LogP contribution in [-0.2, 0) is 0 Å². The molecule has 0 saturated heterocycles. The molecule has 2 N–H and O–H groups in total. The number of likely N-dealkylation sites (N-methyl/N-ethyl adjacent to an activating group) is 1. The van der Waals surface area contributed by atoms with Crippen LogP contribution in [0.15, 0.2) is 6.33 Å². The van der Waals surface area contributed by atoms with Gasteiger partial charge in [-0.1, -0.05) is 0 Å². The summed E-state index contributed by atoms with van der Waals surface area (Å²) >= 11 is 0. The van der Waals surface area contributed by atoms with E-state index in [0.29, 0.717) is 23.9 Å². The van der Waals surface area contributed by atoms with Crippen molar-refractivity contribution in [1.29, 1.82) is 0 Å². The Morgan fingerprint density at radius 3 is 2.71 bits per heavy atom. The van der Waals surface area contributed by atoms with Gasteiger partial charge in [0.25, 0.3) is 0 Å². The van der Waals surface area contributed by atoms with Crippen molar-refractivity contribution in [3.05, 3.63) is 6.33 Å². The largest absolute Gasteiger partial charge is 0.490 e. The van der Waals surface area contributed by atoms with Crippen LogP contribution in [0, 0.1) is 0 Å². The first-order chi connectivity index (χ1) is 8.28. The summed E-state index contributed by atoms with van der Waals surface area (Å²) in [5.41, 5.74) is 0. The average molecular weight is 240 g/mol. The number of aliphatic hydroxyl groups is 1. The highest BCUT2D eigenvalue weighted by Crippen LogP contribution is 2.31. The summed E-state index contributed by atoms with van der Waals surface area (Å²) in [5.74, 6) is 2.00. The quantitative estimate of drug-likeness (QED) is 0.732. The van der Waals surface area contributed by atoms with Crippen molar-refractivity contribution in [1.82, 2.24) is 9.97 Å². The number of hydrogen-bond donors (Lipinski definition) is 2. The molecule has 0 aliphatic heterocycles. The van der Waals surface area contributed by atoms with Crippen LogP contribution in [0.2, 0.25) is 0 Å². The second-order valence-corrected chi connectivity index (χ2v) is 3.41. The number of nitrogens with one attached hydrogen (secondary N) is 1. The van der Waals surface area contributed by atoms with Gasteiger partial charge in [-0.2, -0.15) is 0 Å². The molecule has 1 heterocycles. The van der Waals surface area contributed by atoms with Crippen molar-refractivity contribution >= 4 is 11.6 Å². The van der Waals surface area contributed by atoms with Crippen molar-refractivity contribution in [3.63, 3.8) is 0 Å². The molecule has 6 heteroatoms. The molecular formula is C11H20N4O2. The van der Waals surface area contributed by atoms with Gasteiger partial charge < -0.3 is 20.1 Å². The standard InChI is InChI=1S/C11H20N4O2/c1-4-12-10-9(17-3)11(14-8-13-10)15(5-2)6-7-16/h8,16H,4-7H2,1-3H3,(H,12,13,14). The molecule has 0 aromatic carbocycles. The number of nitrogens with zero attached hydrogens (tertiary/aromatic N) is 3. The van der Waals surface area contributed by atoms with Crippen LogP contribution in [-0.4, -0.2) is 48.4 Å². The van der Waals surface area contributed by atoms with Gasteiger partial charge in [0.05, 0.1) is 13.7 Å². The lowest BCUT2D eigenvalue weighted by atomic mass is 10.4. The van der Waals surface area contributed by atoms with Gasteiger partial charge in [-0.3, -0.25) is 0 Å². The van der Waals surface area contributed by atoms with Crippen molar-refractivity contribution in [3.8, 4) is 5.75 Å². The van der Waals surface area contributed by atoms with Crippen LogP contribution < -0.4 is 15.0 Å². The van der Waals surface area contributed by atoms with Gasteiger partial charge >= 0.3 is 0 Å². The molecule has 0 unspecified atom stereocenters. The zero-order valence-corrected chi connectivity index (χ0v) is 10.6. The second kappa shape index (κ2) is 6.90. The minimum atomic E-state index is 0.0809. The van der Waals surface area contributed by atoms with Gasteiger partial charge in [-0.15, -0.1) is 0 Å². The molecule has 0 saturated carbocycles. The van der Waals surface area contributed by atoms with Crippen LogP contribution in [0.4, 0.5) is 11.6 Å². The fourth-order valence-corrected chi connectivity index (χ4v) is 1.61. The lowest BCUT2D eigenvalue weighted by Crippen LogP contribution is -2.28. The molecular weight excluding hydrogens is 220 g/mol. The normalized spacial score (nSPS) is 10.1. The molecule has 0 amide bonds. The summed E-state index contributed by atoms with van der Waals surface area (Å²) in [6.45, 7) is 6.11. The maximum atomic E-state index is 9.02. The monoisotopic (exact) mass is 240 g/mol. The maximum Gasteiger partial charge on any atom is 0.204 e. The van der Waals surface area contributed by atoms with Crippen LogP contribution in [0.25, 0.3) is 0 Å². The predicted molar refractivity (Wildman–Crippen MR) is 67.7 cm³/mol. The molecule has 0 aliphatic rings. The molecule has 1 aromatic heterocycles. The third-order valence-electron chi connectivity index (χ3n) is 2.38. The van der Waals surface area contributed by atoms with Gasteiger partial charge in [0.2, 0.25) is 5.75 Å². The topological polar surface area (TPSA) is 70.5 Å². The summed E-state index contributed by atoms with van der Waals surface area (Å²) in [6, 6.07) is 0. The van der Waals surface area contributed by atoms with Crippen LogP contribution >= 0.6 is 0 Å². The Morgan fingerprint density at radius 2 is 2.18 bits per heavy atom. The lowest BCUT2D eigenvalue weighted by molar-refractivity contribution is 0.301. The number of ether oxygens (including phenoxy) is 1. The van der Waals surface area contributed by atoms with Crippen molar-refractivity contribution in [2.45, 2.75) is 13.8 Å². The number of aromatic nitrogens is 2. The Labute approximate surface area is 102 Å².